The van der Waals surface area contributed by atoms with Gasteiger partial charge in [-0.05, 0) is 38.1 Å². The van der Waals surface area contributed by atoms with Crippen LogP contribution >= 0.6 is 11.8 Å². The van der Waals surface area contributed by atoms with E-state index in [-0.39, 0.29) is 5.91 Å². The molecular weight excluding hydrogens is 274 g/mol. The van der Waals surface area contributed by atoms with Crippen LogP contribution in [-0.2, 0) is 4.79 Å². The Hall–Kier alpha value is -1.86. The van der Waals surface area contributed by atoms with E-state index in [2.05, 4.69) is 20.5 Å². The van der Waals surface area contributed by atoms with Crippen LogP contribution in [0.25, 0.3) is 0 Å². The van der Waals surface area contributed by atoms with Crippen LogP contribution in [0.15, 0.2) is 40.6 Å². The topological polar surface area (TPSA) is 96.7 Å². The smallest absolute Gasteiger partial charge is 0.231 e. The van der Waals surface area contributed by atoms with Gasteiger partial charge in [0.2, 0.25) is 5.91 Å². The van der Waals surface area contributed by atoms with Crippen LogP contribution in [0.4, 0.5) is 5.69 Å². The maximum absolute atomic E-state index is 12.0. The molecule has 2 aromatic rings. The first-order valence-corrected chi connectivity index (χ1v) is 6.98. The standard InChI is InChI=1S/C13H17N5OS/c1-13(2,7-14)11(19)17-9-3-5-10(6-4-9)20-12-15-8-16-18-12/h3-6,8H,7,14H2,1-2H3,(H,17,19)(H,15,16,18). The lowest BCUT2D eigenvalue weighted by Gasteiger charge is -2.21. The summed E-state index contributed by atoms with van der Waals surface area (Å²) >= 11 is 1.47. The maximum atomic E-state index is 12.0. The average molecular weight is 291 g/mol. The fraction of sp³-hybridized carbons (Fsp3) is 0.308. The zero-order valence-corrected chi connectivity index (χ0v) is 12.2. The van der Waals surface area contributed by atoms with E-state index < -0.39 is 5.41 Å². The number of carbonyl (C=O) groups is 1. The van der Waals surface area contributed by atoms with E-state index >= 15 is 0 Å². The Kier molecular flexibility index (Phi) is 4.41. The first-order valence-electron chi connectivity index (χ1n) is 6.16. The molecule has 0 saturated heterocycles. The summed E-state index contributed by atoms with van der Waals surface area (Å²) in [6, 6.07) is 7.53. The van der Waals surface area contributed by atoms with Crippen molar-refractivity contribution in [2.24, 2.45) is 11.1 Å². The van der Waals surface area contributed by atoms with Crippen molar-refractivity contribution in [1.29, 1.82) is 0 Å². The van der Waals surface area contributed by atoms with E-state index in [4.69, 9.17) is 5.73 Å². The molecule has 0 atom stereocenters. The van der Waals surface area contributed by atoms with Crippen LogP contribution in [-0.4, -0.2) is 27.6 Å². The lowest BCUT2D eigenvalue weighted by molar-refractivity contribution is -0.123. The van der Waals surface area contributed by atoms with Crippen LogP contribution in [0.2, 0.25) is 0 Å². The van der Waals surface area contributed by atoms with Gasteiger partial charge < -0.3 is 11.1 Å². The van der Waals surface area contributed by atoms with Gasteiger partial charge in [-0.3, -0.25) is 9.89 Å². The Morgan fingerprint density at radius 2 is 2.10 bits per heavy atom. The Balaban J connectivity index is 2.00. The number of H-pyrrole nitrogens is 1. The van der Waals surface area contributed by atoms with Crippen molar-refractivity contribution >= 4 is 23.4 Å². The van der Waals surface area contributed by atoms with Crippen LogP contribution in [0.5, 0.6) is 0 Å². The van der Waals surface area contributed by atoms with Crippen molar-refractivity contribution in [2.45, 2.75) is 23.9 Å². The summed E-state index contributed by atoms with van der Waals surface area (Å²) in [6.45, 7) is 3.94. The molecular formula is C13H17N5OS. The lowest BCUT2D eigenvalue weighted by atomic mass is 9.92. The molecule has 1 heterocycles. The highest BCUT2D eigenvalue weighted by atomic mass is 32.2. The molecule has 0 spiro atoms. The largest absolute Gasteiger partial charge is 0.329 e. The highest BCUT2D eigenvalue weighted by molar-refractivity contribution is 7.99. The maximum Gasteiger partial charge on any atom is 0.231 e. The first kappa shape index (κ1) is 14.5. The van der Waals surface area contributed by atoms with Crippen molar-refractivity contribution in [2.75, 3.05) is 11.9 Å². The summed E-state index contributed by atoms with van der Waals surface area (Å²) in [5.74, 6) is -0.0874. The van der Waals surface area contributed by atoms with Crippen LogP contribution in [0.3, 0.4) is 0 Å². The molecule has 0 bridgehead atoms. The minimum absolute atomic E-state index is 0.0874. The second kappa shape index (κ2) is 6.06. The van der Waals surface area contributed by atoms with Gasteiger partial charge in [0.25, 0.3) is 0 Å². The molecule has 6 nitrogen and oxygen atoms in total. The van der Waals surface area contributed by atoms with Crippen LogP contribution in [0, 0.1) is 5.41 Å². The number of anilines is 1. The zero-order chi connectivity index (χ0) is 14.6. The second-order valence-corrected chi connectivity index (χ2v) is 6.02. The molecule has 0 unspecified atom stereocenters. The lowest BCUT2D eigenvalue weighted by Crippen LogP contribution is -2.37. The summed E-state index contributed by atoms with van der Waals surface area (Å²) in [6.07, 6.45) is 1.46. The Bertz CT molecular complexity index is 565. The minimum atomic E-state index is -0.576. The summed E-state index contributed by atoms with van der Waals surface area (Å²) in [5.41, 5.74) is 5.75. The number of carbonyl (C=O) groups excluding carboxylic acids is 1. The van der Waals surface area contributed by atoms with Gasteiger partial charge in [0, 0.05) is 17.1 Å². The van der Waals surface area contributed by atoms with Crippen molar-refractivity contribution in [3.63, 3.8) is 0 Å². The van der Waals surface area contributed by atoms with Gasteiger partial charge in [0.1, 0.15) is 6.33 Å². The van der Waals surface area contributed by atoms with E-state index in [0.29, 0.717) is 6.54 Å². The summed E-state index contributed by atoms with van der Waals surface area (Å²) in [5, 5.41) is 10.1. The summed E-state index contributed by atoms with van der Waals surface area (Å²) in [4.78, 5) is 17.0. The number of aromatic nitrogens is 3. The number of nitrogens with one attached hydrogen (secondary N) is 2. The van der Waals surface area contributed by atoms with E-state index in [9.17, 15) is 4.79 Å². The fourth-order valence-corrected chi connectivity index (χ4v) is 2.05. The number of rotatable bonds is 5. The predicted octanol–water partition coefficient (Wildman–Crippen LogP) is 1.88. The van der Waals surface area contributed by atoms with Crippen molar-refractivity contribution < 1.29 is 4.79 Å². The molecule has 7 heteroatoms. The molecule has 1 amide bonds. The Morgan fingerprint density at radius 3 is 2.65 bits per heavy atom. The Morgan fingerprint density at radius 1 is 1.40 bits per heavy atom. The number of hydrogen-bond acceptors (Lipinski definition) is 5. The summed E-state index contributed by atoms with van der Waals surface area (Å²) in [7, 11) is 0. The molecule has 0 aliphatic rings. The predicted molar refractivity (Wildman–Crippen MR) is 78.4 cm³/mol. The Labute approximate surface area is 121 Å². The van der Waals surface area contributed by atoms with Gasteiger partial charge in [-0.15, -0.1) is 0 Å². The molecule has 1 aromatic carbocycles. The highest BCUT2D eigenvalue weighted by Crippen LogP contribution is 2.25. The van der Waals surface area contributed by atoms with E-state index in [1.54, 1.807) is 0 Å². The van der Waals surface area contributed by atoms with Gasteiger partial charge in [-0.2, -0.15) is 5.10 Å². The molecule has 0 saturated carbocycles. The third-order valence-corrected chi connectivity index (χ3v) is 3.74. The molecule has 20 heavy (non-hydrogen) atoms. The number of hydrogen-bond donors (Lipinski definition) is 3. The molecule has 4 N–H and O–H groups in total. The number of nitrogens with zero attached hydrogens (tertiary/aromatic N) is 2. The van der Waals surface area contributed by atoms with Crippen molar-refractivity contribution in [1.82, 2.24) is 15.2 Å². The molecule has 106 valence electrons. The SMILES string of the molecule is CC(C)(CN)C(=O)Nc1ccc(Sc2ncn[nH]2)cc1. The number of amides is 1. The summed E-state index contributed by atoms with van der Waals surface area (Å²) < 4.78 is 0. The third kappa shape index (κ3) is 3.58. The number of nitrogens with two attached hydrogens (primary N) is 1. The number of benzene rings is 1. The molecule has 0 fully saturated rings. The fourth-order valence-electron chi connectivity index (χ4n) is 1.35. The number of aromatic amines is 1. The molecule has 1 aromatic heterocycles. The quantitative estimate of drug-likeness (QED) is 0.781. The van der Waals surface area contributed by atoms with E-state index in [1.165, 1.54) is 18.1 Å². The molecule has 0 aliphatic heterocycles. The molecule has 0 radical (unpaired) electrons. The van der Waals surface area contributed by atoms with Gasteiger partial charge in [0.15, 0.2) is 5.16 Å². The second-order valence-electron chi connectivity index (χ2n) is 4.96. The van der Waals surface area contributed by atoms with Gasteiger partial charge in [-0.25, -0.2) is 4.98 Å². The monoisotopic (exact) mass is 291 g/mol. The third-order valence-electron chi connectivity index (χ3n) is 2.84. The van der Waals surface area contributed by atoms with Gasteiger partial charge in [-0.1, -0.05) is 11.8 Å². The van der Waals surface area contributed by atoms with E-state index in [1.807, 2.05) is 38.1 Å². The highest BCUT2D eigenvalue weighted by Gasteiger charge is 2.25. The first-order chi connectivity index (χ1) is 9.51. The van der Waals surface area contributed by atoms with Crippen LogP contribution in [0.1, 0.15) is 13.8 Å². The zero-order valence-electron chi connectivity index (χ0n) is 11.4. The minimum Gasteiger partial charge on any atom is -0.329 e. The van der Waals surface area contributed by atoms with E-state index in [0.717, 1.165) is 15.7 Å². The average Bonchev–Trinajstić information content (AvgIpc) is 2.94. The van der Waals surface area contributed by atoms with Crippen molar-refractivity contribution in [3.8, 4) is 0 Å². The molecule has 0 aliphatic carbocycles. The van der Waals surface area contributed by atoms with Gasteiger partial charge >= 0.3 is 0 Å². The van der Waals surface area contributed by atoms with Crippen LogP contribution < -0.4 is 11.1 Å². The molecule has 2 rings (SSSR count). The van der Waals surface area contributed by atoms with Crippen molar-refractivity contribution in [3.05, 3.63) is 30.6 Å². The normalized spacial score (nSPS) is 11.3. The van der Waals surface area contributed by atoms with Gasteiger partial charge in [0.05, 0.1) is 5.41 Å².